The average molecular weight is 397 g/mol. The van der Waals surface area contributed by atoms with Crippen LogP contribution in [0.1, 0.15) is 25.3 Å². The molecule has 0 fully saturated rings. The number of sulfonamides is 1. The molecular formula is C22H24N2O3S. The van der Waals surface area contributed by atoms with E-state index in [0.717, 1.165) is 20.6 Å². The van der Waals surface area contributed by atoms with Crippen molar-refractivity contribution in [1.29, 1.82) is 0 Å². The highest BCUT2D eigenvalue weighted by molar-refractivity contribution is 7.89. The maximum atomic E-state index is 12.9. The van der Waals surface area contributed by atoms with Crippen LogP contribution in [0.2, 0.25) is 0 Å². The highest BCUT2D eigenvalue weighted by atomic mass is 32.2. The Labute approximate surface area is 166 Å². The zero-order valence-corrected chi connectivity index (χ0v) is 17.0. The van der Waals surface area contributed by atoms with Gasteiger partial charge < -0.3 is 5.32 Å². The second-order valence-corrected chi connectivity index (χ2v) is 9.11. The number of amides is 1. The molecule has 146 valence electrons. The summed E-state index contributed by atoms with van der Waals surface area (Å²) in [5.74, 6) is -0.129. The second-order valence-electron chi connectivity index (χ2n) is 7.06. The van der Waals surface area contributed by atoms with Gasteiger partial charge in [-0.25, -0.2) is 8.42 Å². The van der Waals surface area contributed by atoms with E-state index in [9.17, 15) is 13.2 Å². The monoisotopic (exact) mass is 396 g/mol. The smallest absolute Gasteiger partial charge is 0.243 e. The summed E-state index contributed by atoms with van der Waals surface area (Å²) in [5, 5.41) is 4.64. The molecule has 0 atom stereocenters. The highest BCUT2D eigenvalue weighted by Gasteiger charge is 2.23. The fourth-order valence-electron chi connectivity index (χ4n) is 3.10. The molecule has 1 N–H and O–H groups in total. The Hall–Kier alpha value is -2.70. The lowest BCUT2D eigenvalue weighted by atomic mass is 10.0. The van der Waals surface area contributed by atoms with Gasteiger partial charge in [-0.15, -0.1) is 0 Å². The van der Waals surface area contributed by atoms with Gasteiger partial charge >= 0.3 is 0 Å². The van der Waals surface area contributed by atoms with E-state index in [4.69, 9.17) is 0 Å². The molecule has 0 saturated heterocycles. The maximum Gasteiger partial charge on any atom is 0.243 e. The molecule has 0 aliphatic rings. The normalized spacial score (nSPS) is 11.9. The number of nitrogens with zero attached hydrogens (tertiary/aromatic N) is 1. The molecule has 0 radical (unpaired) electrons. The summed E-state index contributed by atoms with van der Waals surface area (Å²) in [4.78, 5) is 12.6. The first-order valence-electron chi connectivity index (χ1n) is 9.13. The van der Waals surface area contributed by atoms with Crippen molar-refractivity contribution < 1.29 is 13.2 Å². The van der Waals surface area contributed by atoms with Gasteiger partial charge in [0, 0.05) is 12.7 Å². The van der Waals surface area contributed by atoms with Crippen molar-refractivity contribution in [2.45, 2.75) is 24.7 Å². The molecule has 0 aromatic heterocycles. The number of rotatable bonds is 6. The number of likely N-dealkylation sites (N-methyl/N-ethyl adjacent to an activating group) is 1. The average Bonchev–Trinajstić information content (AvgIpc) is 2.67. The van der Waals surface area contributed by atoms with Crippen molar-refractivity contribution in [3.8, 4) is 0 Å². The zero-order valence-electron chi connectivity index (χ0n) is 16.2. The first-order valence-corrected chi connectivity index (χ1v) is 10.6. The van der Waals surface area contributed by atoms with Crippen molar-refractivity contribution in [2.24, 2.45) is 0 Å². The summed E-state index contributed by atoms with van der Waals surface area (Å²) in [6.07, 6.45) is 0. The topological polar surface area (TPSA) is 66.5 Å². The molecule has 28 heavy (non-hydrogen) atoms. The summed E-state index contributed by atoms with van der Waals surface area (Å²) in [5.41, 5.74) is 1.72. The maximum absolute atomic E-state index is 12.9. The summed E-state index contributed by atoms with van der Waals surface area (Å²) in [6, 6.07) is 20.1. The molecule has 1 amide bonds. The summed E-state index contributed by atoms with van der Waals surface area (Å²) >= 11 is 0. The van der Waals surface area contributed by atoms with Gasteiger partial charge in [0.2, 0.25) is 15.9 Å². The number of nitrogens with one attached hydrogen (secondary N) is 1. The minimum atomic E-state index is -3.77. The van der Waals surface area contributed by atoms with Crippen LogP contribution in [0.3, 0.4) is 0 Å². The van der Waals surface area contributed by atoms with Crippen LogP contribution in [0.15, 0.2) is 71.6 Å². The Morgan fingerprint density at radius 3 is 2.32 bits per heavy atom. The van der Waals surface area contributed by atoms with Crippen LogP contribution in [-0.4, -0.2) is 32.2 Å². The lowest BCUT2D eigenvalue weighted by molar-refractivity contribution is -0.116. The second kappa shape index (κ2) is 8.12. The fourth-order valence-corrected chi connectivity index (χ4v) is 4.26. The molecule has 3 aromatic carbocycles. The van der Waals surface area contributed by atoms with E-state index < -0.39 is 10.0 Å². The van der Waals surface area contributed by atoms with Crippen molar-refractivity contribution in [3.05, 3.63) is 72.3 Å². The molecule has 0 saturated carbocycles. The minimum Gasteiger partial charge on any atom is -0.325 e. The van der Waals surface area contributed by atoms with Crippen LogP contribution in [0.4, 0.5) is 5.69 Å². The van der Waals surface area contributed by atoms with Crippen molar-refractivity contribution in [3.63, 3.8) is 0 Å². The van der Waals surface area contributed by atoms with Crippen LogP contribution in [0.25, 0.3) is 10.8 Å². The predicted molar refractivity (Wildman–Crippen MR) is 113 cm³/mol. The van der Waals surface area contributed by atoms with Gasteiger partial charge in [-0.2, -0.15) is 4.31 Å². The van der Waals surface area contributed by atoms with Crippen LogP contribution >= 0.6 is 0 Å². The van der Waals surface area contributed by atoms with E-state index in [1.54, 1.807) is 18.2 Å². The van der Waals surface area contributed by atoms with Gasteiger partial charge in [-0.3, -0.25) is 4.79 Å². The molecule has 5 nitrogen and oxygen atoms in total. The van der Waals surface area contributed by atoms with Crippen molar-refractivity contribution in [2.75, 3.05) is 18.9 Å². The van der Waals surface area contributed by atoms with E-state index in [0.29, 0.717) is 5.69 Å². The molecule has 0 bridgehead atoms. The molecule has 0 aliphatic carbocycles. The van der Waals surface area contributed by atoms with Crippen molar-refractivity contribution in [1.82, 2.24) is 4.31 Å². The number of hydrogen-bond acceptors (Lipinski definition) is 3. The zero-order chi connectivity index (χ0) is 20.3. The Kier molecular flexibility index (Phi) is 5.82. The third kappa shape index (κ3) is 4.24. The molecular weight excluding hydrogens is 372 g/mol. The molecule has 0 spiro atoms. The van der Waals surface area contributed by atoms with E-state index in [1.165, 1.54) is 7.05 Å². The first kappa shape index (κ1) is 20.0. The SMILES string of the molecule is CC(C)c1ccccc1NC(=O)CN(C)S(=O)(=O)c1ccc2ccccc2c1. The summed E-state index contributed by atoms with van der Waals surface area (Å²) < 4.78 is 26.8. The van der Waals surface area contributed by atoms with Crippen LogP contribution in [0, 0.1) is 0 Å². The van der Waals surface area contributed by atoms with Crippen LogP contribution in [0.5, 0.6) is 0 Å². The third-order valence-electron chi connectivity index (χ3n) is 4.65. The van der Waals surface area contributed by atoms with Gasteiger partial charge in [0.05, 0.1) is 11.4 Å². The first-order chi connectivity index (χ1) is 13.3. The van der Waals surface area contributed by atoms with Crippen LogP contribution < -0.4 is 5.32 Å². The van der Waals surface area contributed by atoms with E-state index >= 15 is 0 Å². The fraction of sp³-hybridized carbons (Fsp3) is 0.227. The predicted octanol–water partition coefficient (Wildman–Crippen LogP) is 4.22. The van der Waals surface area contributed by atoms with Gasteiger partial charge in [-0.1, -0.05) is 62.4 Å². The molecule has 0 unspecified atom stereocenters. The molecule has 3 aromatic rings. The largest absolute Gasteiger partial charge is 0.325 e. The van der Waals surface area contributed by atoms with Crippen molar-refractivity contribution >= 4 is 32.4 Å². The summed E-state index contributed by atoms with van der Waals surface area (Å²) in [6.45, 7) is 3.82. The van der Waals surface area contributed by atoms with E-state index in [2.05, 4.69) is 5.32 Å². The number of carbonyl (C=O) groups is 1. The molecule has 0 aliphatic heterocycles. The number of carbonyl (C=O) groups excluding carboxylic acids is 1. The van der Waals surface area contributed by atoms with Gasteiger partial charge in [-0.05, 0) is 40.5 Å². The van der Waals surface area contributed by atoms with Crippen LogP contribution in [-0.2, 0) is 14.8 Å². The molecule has 6 heteroatoms. The van der Waals surface area contributed by atoms with E-state index in [1.807, 2.05) is 62.4 Å². The standard InChI is InChI=1S/C22H24N2O3S/c1-16(2)20-10-6-7-11-21(20)23-22(25)15-24(3)28(26,27)19-13-12-17-8-4-5-9-18(17)14-19/h4-14,16H,15H2,1-3H3,(H,23,25). The number of para-hydroxylation sites is 1. The lowest BCUT2D eigenvalue weighted by Gasteiger charge is -2.18. The third-order valence-corrected chi connectivity index (χ3v) is 6.45. The molecule has 3 rings (SSSR count). The molecule has 0 heterocycles. The minimum absolute atomic E-state index is 0.170. The number of hydrogen-bond donors (Lipinski definition) is 1. The number of fused-ring (bicyclic) bond motifs is 1. The Morgan fingerprint density at radius 2 is 1.61 bits per heavy atom. The van der Waals surface area contributed by atoms with Gasteiger partial charge in [0.15, 0.2) is 0 Å². The summed E-state index contributed by atoms with van der Waals surface area (Å²) in [7, 11) is -2.36. The Morgan fingerprint density at radius 1 is 0.964 bits per heavy atom. The van der Waals surface area contributed by atoms with Gasteiger partial charge in [0.25, 0.3) is 0 Å². The van der Waals surface area contributed by atoms with E-state index in [-0.39, 0.29) is 23.3 Å². The lowest BCUT2D eigenvalue weighted by Crippen LogP contribution is -2.35. The Balaban J connectivity index is 1.77. The highest BCUT2D eigenvalue weighted by Crippen LogP contribution is 2.24. The quantitative estimate of drug-likeness (QED) is 0.678. The number of benzene rings is 3. The number of anilines is 1. The van der Waals surface area contributed by atoms with Gasteiger partial charge in [0.1, 0.15) is 0 Å². The Bertz CT molecular complexity index is 1110.